The highest BCUT2D eigenvalue weighted by Crippen LogP contribution is 2.12. The van der Waals surface area contributed by atoms with Crippen molar-refractivity contribution in [3.63, 3.8) is 0 Å². The van der Waals surface area contributed by atoms with E-state index < -0.39 is 0 Å². The summed E-state index contributed by atoms with van der Waals surface area (Å²) in [5.74, 6) is 0.303. The van der Waals surface area contributed by atoms with Gasteiger partial charge in [-0.1, -0.05) is 48.5 Å². The molecule has 6 nitrogen and oxygen atoms in total. The summed E-state index contributed by atoms with van der Waals surface area (Å²) in [6.07, 6.45) is 0.704. The van der Waals surface area contributed by atoms with Crippen molar-refractivity contribution in [2.24, 2.45) is 16.5 Å². The van der Waals surface area contributed by atoms with Crippen molar-refractivity contribution in [3.8, 4) is 5.75 Å². The maximum Gasteiger partial charge on any atom is 0.254 e. The summed E-state index contributed by atoms with van der Waals surface area (Å²) in [6, 6.07) is 19.2. The maximum absolute atomic E-state index is 7.94. The average molecular weight is 334 g/mol. The van der Waals surface area contributed by atoms with Crippen LogP contribution in [-0.4, -0.2) is 23.5 Å². The molecule has 0 saturated carbocycles. The molecule has 2 rings (SSSR count). The van der Waals surface area contributed by atoms with Gasteiger partial charge in [0, 0.05) is 0 Å². The topological polar surface area (TPSA) is 101 Å². The monoisotopic (exact) mass is 333 g/mol. The number of nitrogens with one attached hydrogen (secondary N) is 1. The Balaban J connectivity index is 0.00000264. The molecule has 0 heterocycles. The Hall–Kier alpha value is -2.73. The average Bonchev–Trinajstić information content (AvgIpc) is 2.52. The molecule has 0 saturated heterocycles. The summed E-state index contributed by atoms with van der Waals surface area (Å²) in [7, 11) is 0. The first kappa shape index (κ1) is 18.3. The summed E-state index contributed by atoms with van der Waals surface area (Å²) in [4.78, 5) is 9.43. The van der Waals surface area contributed by atoms with Gasteiger partial charge in [0.25, 0.3) is 5.96 Å². The maximum atomic E-state index is 7.94. The summed E-state index contributed by atoms with van der Waals surface area (Å²) >= 11 is 0. The number of hydrogen-bond donors (Lipinski definition) is 3. The molecule has 122 valence electrons. The Labute approximate surface area is 141 Å². The van der Waals surface area contributed by atoms with Crippen molar-refractivity contribution in [1.82, 2.24) is 5.06 Å². The van der Waals surface area contributed by atoms with Gasteiger partial charge in [0.05, 0.1) is 6.54 Å². The van der Waals surface area contributed by atoms with Gasteiger partial charge in [-0.2, -0.15) is 10.1 Å². The van der Waals surface area contributed by atoms with Gasteiger partial charge in [-0.05, 0) is 24.1 Å². The molecule has 5 N–H and O–H groups in total. The number of aliphatic imine (C=N–C) groups is 1. The molecule has 2 aromatic rings. The molecule has 0 unspecified atom stereocenters. The van der Waals surface area contributed by atoms with Crippen LogP contribution in [0.3, 0.4) is 0 Å². The zero-order valence-corrected chi connectivity index (χ0v) is 13.4. The fraction of sp³-hybridized carbons (Fsp3) is 0.125. The lowest BCUT2D eigenvalue weighted by atomic mass is 10.1. The van der Waals surface area contributed by atoms with Gasteiger partial charge >= 0.3 is 0 Å². The highest BCUT2D eigenvalue weighted by molar-refractivity contribution is 5.91. The van der Waals surface area contributed by atoms with Crippen molar-refractivity contribution in [3.05, 3.63) is 66.2 Å². The van der Waals surface area contributed by atoms with E-state index in [4.69, 9.17) is 21.7 Å². The number of nitrogens with zero attached hydrogens (tertiary/aromatic N) is 2. The van der Waals surface area contributed by atoms with Crippen molar-refractivity contribution in [1.29, 1.82) is 5.41 Å². The standard InChI is InChI=1S/C16H19N5O.ClH/c17-15(18)20-16(19)21(22-14-9-5-2-6-10-14)12-11-13-7-3-1-4-8-13;/h1-10H,11-12H2,(H5,17,18,19,20);1H. The summed E-state index contributed by atoms with van der Waals surface area (Å²) in [5, 5.41) is 9.31. The third kappa shape index (κ3) is 6.27. The number of hydroxylamine groups is 2. The number of halogens is 1. The summed E-state index contributed by atoms with van der Waals surface area (Å²) < 4.78 is 0. The highest BCUT2D eigenvalue weighted by Gasteiger charge is 2.12. The van der Waals surface area contributed by atoms with Crippen molar-refractivity contribution in [2.45, 2.75) is 6.42 Å². The van der Waals surface area contributed by atoms with E-state index in [2.05, 4.69) is 4.99 Å². The summed E-state index contributed by atoms with van der Waals surface area (Å²) in [6.45, 7) is 0.453. The molecule has 7 heteroatoms. The van der Waals surface area contributed by atoms with Gasteiger partial charge in [-0.15, -0.1) is 12.4 Å². The van der Waals surface area contributed by atoms with Crippen LogP contribution >= 0.6 is 12.4 Å². The van der Waals surface area contributed by atoms with Crippen LogP contribution in [0.5, 0.6) is 5.75 Å². The van der Waals surface area contributed by atoms with Crippen LogP contribution in [0, 0.1) is 5.41 Å². The molecule has 0 spiro atoms. The lowest BCUT2D eigenvalue weighted by Crippen LogP contribution is -2.37. The molecule has 0 aromatic heterocycles. The van der Waals surface area contributed by atoms with Gasteiger partial charge in [-0.25, -0.2) is 0 Å². The lowest BCUT2D eigenvalue weighted by Gasteiger charge is -2.22. The van der Waals surface area contributed by atoms with Crippen LogP contribution < -0.4 is 16.3 Å². The molecular formula is C16H20ClN5O. The van der Waals surface area contributed by atoms with Crippen molar-refractivity contribution >= 4 is 24.3 Å². The van der Waals surface area contributed by atoms with E-state index in [1.165, 1.54) is 5.06 Å². The van der Waals surface area contributed by atoms with Crippen LogP contribution in [0.4, 0.5) is 0 Å². The number of nitrogens with two attached hydrogens (primary N) is 2. The molecule has 23 heavy (non-hydrogen) atoms. The predicted molar refractivity (Wildman–Crippen MR) is 94.7 cm³/mol. The zero-order chi connectivity index (χ0) is 15.8. The lowest BCUT2D eigenvalue weighted by molar-refractivity contribution is 0.0176. The molecule has 0 radical (unpaired) electrons. The number of hydrogen-bond acceptors (Lipinski definition) is 2. The van der Waals surface area contributed by atoms with Crippen LogP contribution in [0.15, 0.2) is 65.7 Å². The van der Waals surface area contributed by atoms with E-state index in [-0.39, 0.29) is 24.3 Å². The molecule has 0 aliphatic rings. The van der Waals surface area contributed by atoms with E-state index in [1.807, 2.05) is 48.5 Å². The first-order chi connectivity index (χ1) is 10.6. The Bertz CT molecular complexity index is 629. The Morgan fingerprint density at radius 1 is 1.00 bits per heavy atom. The Kier molecular flexibility index (Phi) is 7.42. The number of rotatable bonds is 5. The van der Waals surface area contributed by atoms with Gasteiger partial charge in [0.1, 0.15) is 0 Å². The molecule has 0 atom stereocenters. The van der Waals surface area contributed by atoms with E-state index in [9.17, 15) is 0 Å². The van der Waals surface area contributed by atoms with Crippen LogP contribution in [0.1, 0.15) is 5.56 Å². The third-order valence-corrected chi connectivity index (χ3v) is 2.88. The molecule has 0 aliphatic carbocycles. The summed E-state index contributed by atoms with van der Waals surface area (Å²) in [5.41, 5.74) is 11.8. The van der Waals surface area contributed by atoms with Gasteiger partial charge in [0.2, 0.25) is 0 Å². The van der Waals surface area contributed by atoms with Crippen molar-refractivity contribution in [2.75, 3.05) is 6.54 Å². The van der Waals surface area contributed by atoms with E-state index in [1.54, 1.807) is 12.1 Å². The first-order valence-corrected chi connectivity index (χ1v) is 6.88. The first-order valence-electron chi connectivity index (χ1n) is 6.88. The van der Waals surface area contributed by atoms with E-state index >= 15 is 0 Å². The van der Waals surface area contributed by atoms with E-state index in [0.717, 1.165) is 5.56 Å². The third-order valence-electron chi connectivity index (χ3n) is 2.88. The predicted octanol–water partition coefficient (Wildman–Crippen LogP) is 2.16. The SMILES string of the molecule is Cl.N=C(N=C(N)N)N(CCc1ccccc1)Oc1ccccc1. The minimum absolute atomic E-state index is 0. The van der Waals surface area contributed by atoms with Gasteiger partial charge in [0.15, 0.2) is 11.7 Å². The minimum atomic E-state index is -0.175. The second-order valence-electron chi connectivity index (χ2n) is 4.60. The number of benzene rings is 2. The number of guanidine groups is 2. The quantitative estimate of drug-likeness (QED) is 0.443. The second-order valence-corrected chi connectivity index (χ2v) is 4.60. The normalized spacial score (nSPS) is 9.39. The second kappa shape index (κ2) is 9.32. The number of para-hydroxylation sites is 1. The molecule has 0 bridgehead atoms. The fourth-order valence-electron chi connectivity index (χ4n) is 1.86. The largest absolute Gasteiger partial charge is 0.377 e. The smallest absolute Gasteiger partial charge is 0.254 e. The molecule has 0 fully saturated rings. The van der Waals surface area contributed by atoms with Crippen LogP contribution in [0.2, 0.25) is 0 Å². The van der Waals surface area contributed by atoms with Crippen LogP contribution in [-0.2, 0) is 6.42 Å². The van der Waals surface area contributed by atoms with Gasteiger partial charge < -0.3 is 16.3 Å². The minimum Gasteiger partial charge on any atom is -0.377 e. The molecular weight excluding hydrogens is 314 g/mol. The molecule has 0 aliphatic heterocycles. The fourth-order valence-corrected chi connectivity index (χ4v) is 1.86. The highest BCUT2D eigenvalue weighted by atomic mass is 35.5. The van der Waals surface area contributed by atoms with Gasteiger partial charge in [-0.3, -0.25) is 5.41 Å². The van der Waals surface area contributed by atoms with Crippen LogP contribution in [0.25, 0.3) is 0 Å². The Morgan fingerprint density at radius 2 is 1.57 bits per heavy atom. The molecule has 2 aromatic carbocycles. The van der Waals surface area contributed by atoms with E-state index in [0.29, 0.717) is 18.7 Å². The molecule has 0 amide bonds. The zero-order valence-electron chi connectivity index (χ0n) is 12.6. The Morgan fingerprint density at radius 3 is 2.13 bits per heavy atom. The van der Waals surface area contributed by atoms with Crippen molar-refractivity contribution < 1.29 is 4.84 Å².